The lowest BCUT2D eigenvalue weighted by Gasteiger charge is -2.19. The molecule has 4 nitrogen and oxygen atoms in total. The van der Waals surface area contributed by atoms with Gasteiger partial charge in [0.1, 0.15) is 5.75 Å². The van der Waals surface area contributed by atoms with Gasteiger partial charge >= 0.3 is 0 Å². The number of benzene rings is 1. The van der Waals surface area contributed by atoms with Gasteiger partial charge in [-0.1, -0.05) is 18.1 Å². The number of aryl methyl sites for hydroxylation is 1. The summed E-state index contributed by atoms with van der Waals surface area (Å²) in [5.74, 6) is 2.75. The molecule has 0 saturated heterocycles. The number of ether oxygens (including phenoxy) is 1. The Morgan fingerprint density at radius 2 is 2.21 bits per heavy atom. The first-order valence-electron chi connectivity index (χ1n) is 6.19. The van der Waals surface area contributed by atoms with Crippen LogP contribution >= 0.6 is 0 Å². The third kappa shape index (κ3) is 4.31. The van der Waals surface area contributed by atoms with Crippen LogP contribution in [-0.4, -0.2) is 18.6 Å². The predicted octanol–water partition coefficient (Wildman–Crippen LogP) is 1.53. The first-order valence-corrected chi connectivity index (χ1v) is 6.19. The molecule has 0 aromatic heterocycles. The number of nitrogens with one attached hydrogen (secondary N) is 1. The maximum Gasteiger partial charge on any atom is 0.261 e. The zero-order valence-electron chi connectivity index (χ0n) is 11.6. The van der Waals surface area contributed by atoms with E-state index in [4.69, 9.17) is 16.9 Å². The number of hydrogen-bond donors (Lipinski definition) is 2. The van der Waals surface area contributed by atoms with Gasteiger partial charge in [-0.15, -0.1) is 6.42 Å². The molecule has 0 saturated carbocycles. The zero-order valence-corrected chi connectivity index (χ0v) is 11.6. The minimum Gasteiger partial charge on any atom is -0.481 e. The molecule has 1 unspecified atom stereocenters. The highest BCUT2D eigenvalue weighted by Gasteiger charge is 2.17. The molecule has 2 atom stereocenters. The smallest absolute Gasteiger partial charge is 0.261 e. The van der Waals surface area contributed by atoms with Gasteiger partial charge in [0.25, 0.3) is 5.91 Å². The van der Waals surface area contributed by atoms with Crippen LogP contribution in [0.3, 0.4) is 0 Å². The van der Waals surface area contributed by atoms with Crippen molar-refractivity contribution >= 4 is 5.91 Å². The van der Waals surface area contributed by atoms with Crippen LogP contribution in [0, 0.1) is 19.3 Å². The Balaban J connectivity index is 2.84. The third-order valence-electron chi connectivity index (χ3n) is 2.70. The average Bonchev–Trinajstić information content (AvgIpc) is 2.35. The van der Waals surface area contributed by atoms with E-state index in [2.05, 4.69) is 11.2 Å². The molecule has 0 fully saturated rings. The quantitative estimate of drug-likeness (QED) is 0.789. The van der Waals surface area contributed by atoms with Crippen molar-refractivity contribution in [3.8, 4) is 18.1 Å². The number of terminal acetylenes is 1. The van der Waals surface area contributed by atoms with E-state index in [1.54, 1.807) is 6.92 Å². The molecule has 0 aliphatic carbocycles. The van der Waals surface area contributed by atoms with E-state index in [0.29, 0.717) is 5.75 Å². The molecule has 0 radical (unpaired) electrons. The van der Waals surface area contributed by atoms with E-state index in [1.165, 1.54) is 0 Å². The summed E-state index contributed by atoms with van der Waals surface area (Å²) in [5.41, 5.74) is 7.82. The molecule has 3 N–H and O–H groups in total. The van der Waals surface area contributed by atoms with Crippen molar-refractivity contribution in [3.05, 3.63) is 29.3 Å². The number of carbonyl (C=O) groups is 1. The lowest BCUT2D eigenvalue weighted by molar-refractivity contribution is -0.127. The van der Waals surface area contributed by atoms with Gasteiger partial charge in [-0.05, 0) is 32.4 Å². The van der Waals surface area contributed by atoms with Crippen LogP contribution in [0.15, 0.2) is 18.2 Å². The first kappa shape index (κ1) is 15.1. The molecular weight excluding hydrogens is 240 g/mol. The normalized spacial score (nSPS) is 13.2. The highest BCUT2D eigenvalue weighted by Crippen LogP contribution is 2.26. The lowest BCUT2D eigenvalue weighted by atomic mass is 10.1. The summed E-state index contributed by atoms with van der Waals surface area (Å²) in [6, 6.07) is 5.61. The third-order valence-corrected chi connectivity index (χ3v) is 2.70. The molecule has 1 amide bonds. The summed E-state index contributed by atoms with van der Waals surface area (Å²) in [5, 5.41) is 2.58. The Bertz CT molecular complexity index is 489. The van der Waals surface area contributed by atoms with Crippen LogP contribution < -0.4 is 15.8 Å². The number of rotatable bonds is 5. The molecule has 0 aliphatic rings. The van der Waals surface area contributed by atoms with Crippen LogP contribution in [-0.2, 0) is 4.79 Å². The van der Waals surface area contributed by atoms with Gasteiger partial charge < -0.3 is 15.8 Å². The number of amides is 1. The summed E-state index contributed by atoms with van der Waals surface area (Å²) >= 11 is 0. The maximum atomic E-state index is 11.7. The van der Waals surface area contributed by atoms with Gasteiger partial charge in [0, 0.05) is 11.6 Å². The second kappa shape index (κ2) is 6.81. The molecule has 102 valence electrons. The summed E-state index contributed by atoms with van der Waals surface area (Å²) in [7, 11) is 0. The van der Waals surface area contributed by atoms with E-state index in [1.807, 2.05) is 32.0 Å². The fourth-order valence-electron chi connectivity index (χ4n) is 1.65. The molecule has 0 heterocycles. The van der Waals surface area contributed by atoms with E-state index >= 15 is 0 Å². The minimum atomic E-state index is -0.618. The van der Waals surface area contributed by atoms with Crippen molar-refractivity contribution in [1.29, 1.82) is 0 Å². The minimum absolute atomic E-state index is 0.156. The highest BCUT2D eigenvalue weighted by molar-refractivity contribution is 5.81. The Kier molecular flexibility index (Phi) is 5.40. The van der Waals surface area contributed by atoms with E-state index in [0.717, 1.165) is 11.1 Å². The Morgan fingerprint density at radius 1 is 1.53 bits per heavy atom. The fourth-order valence-corrected chi connectivity index (χ4v) is 1.65. The van der Waals surface area contributed by atoms with Crippen molar-refractivity contribution in [3.63, 3.8) is 0 Å². The number of carbonyl (C=O) groups excluding carboxylic acids is 1. The van der Waals surface area contributed by atoms with Crippen molar-refractivity contribution in [2.45, 2.75) is 32.9 Å². The molecule has 1 aromatic carbocycles. The summed E-state index contributed by atoms with van der Waals surface area (Å²) in [6.45, 7) is 5.71. The van der Waals surface area contributed by atoms with Gasteiger partial charge in [0.15, 0.2) is 6.10 Å². The zero-order chi connectivity index (χ0) is 14.4. The van der Waals surface area contributed by atoms with Crippen LogP contribution in [0.25, 0.3) is 0 Å². The molecule has 4 heteroatoms. The van der Waals surface area contributed by atoms with Crippen LogP contribution in [0.4, 0.5) is 0 Å². The Labute approximate surface area is 114 Å². The SMILES string of the molecule is C#CCNC(=O)C(C)Oc1cc(C)ccc1[C@@H](C)N. The average molecular weight is 260 g/mol. The molecule has 1 rings (SSSR count). The summed E-state index contributed by atoms with van der Waals surface area (Å²) in [4.78, 5) is 11.7. The van der Waals surface area contributed by atoms with Crippen molar-refractivity contribution in [2.24, 2.45) is 5.73 Å². The van der Waals surface area contributed by atoms with Crippen LogP contribution in [0.2, 0.25) is 0 Å². The standard InChI is InChI=1S/C15H20N2O2/c1-5-8-17-15(18)12(4)19-14-9-10(2)6-7-13(14)11(3)16/h1,6-7,9,11-12H,8,16H2,2-4H3,(H,17,18)/t11-,12?/m1/s1. The Morgan fingerprint density at radius 3 is 2.79 bits per heavy atom. The summed E-state index contributed by atoms with van der Waals surface area (Å²) in [6.07, 6.45) is 4.47. The van der Waals surface area contributed by atoms with Gasteiger partial charge in [-0.3, -0.25) is 4.79 Å². The number of hydrogen-bond acceptors (Lipinski definition) is 3. The lowest BCUT2D eigenvalue weighted by Crippen LogP contribution is -2.36. The van der Waals surface area contributed by atoms with Gasteiger partial charge in [-0.2, -0.15) is 0 Å². The summed E-state index contributed by atoms with van der Waals surface area (Å²) < 4.78 is 5.69. The van der Waals surface area contributed by atoms with Gasteiger partial charge in [0.2, 0.25) is 0 Å². The van der Waals surface area contributed by atoms with Crippen molar-refractivity contribution in [2.75, 3.05) is 6.54 Å². The molecular formula is C15H20N2O2. The van der Waals surface area contributed by atoms with Gasteiger partial charge in [0.05, 0.1) is 6.54 Å². The van der Waals surface area contributed by atoms with E-state index in [9.17, 15) is 4.79 Å². The van der Waals surface area contributed by atoms with Crippen molar-refractivity contribution < 1.29 is 9.53 Å². The molecule has 0 bridgehead atoms. The van der Waals surface area contributed by atoms with Crippen molar-refractivity contribution in [1.82, 2.24) is 5.32 Å². The monoisotopic (exact) mass is 260 g/mol. The van der Waals surface area contributed by atoms with Crippen LogP contribution in [0.5, 0.6) is 5.75 Å². The fraction of sp³-hybridized carbons (Fsp3) is 0.400. The number of nitrogens with two attached hydrogens (primary N) is 1. The molecule has 1 aromatic rings. The van der Waals surface area contributed by atoms with E-state index < -0.39 is 6.10 Å². The largest absolute Gasteiger partial charge is 0.481 e. The predicted molar refractivity (Wildman–Crippen MR) is 75.7 cm³/mol. The Hall–Kier alpha value is -1.99. The van der Waals surface area contributed by atoms with E-state index in [-0.39, 0.29) is 18.5 Å². The topological polar surface area (TPSA) is 64.3 Å². The highest BCUT2D eigenvalue weighted by atomic mass is 16.5. The maximum absolute atomic E-state index is 11.7. The second-order valence-corrected chi connectivity index (χ2v) is 4.51. The molecule has 0 aliphatic heterocycles. The van der Waals surface area contributed by atoms with Crippen LogP contribution in [0.1, 0.15) is 31.0 Å². The first-order chi connectivity index (χ1) is 8.95. The molecule has 19 heavy (non-hydrogen) atoms. The molecule has 0 spiro atoms. The second-order valence-electron chi connectivity index (χ2n) is 4.51. The van der Waals surface area contributed by atoms with Gasteiger partial charge in [-0.25, -0.2) is 0 Å².